The third-order valence-corrected chi connectivity index (χ3v) is 5.89. The summed E-state index contributed by atoms with van der Waals surface area (Å²) in [5, 5.41) is 0. The number of fused-ring (bicyclic) bond motifs is 1. The van der Waals surface area contributed by atoms with Gasteiger partial charge in [0.05, 0.1) is 19.3 Å². The van der Waals surface area contributed by atoms with E-state index < -0.39 is 0 Å². The van der Waals surface area contributed by atoms with Crippen LogP contribution in [0.3, 0.4) is 0 Å². The van der Waals surface area contributed by atoms with Gasteiger partial charge >= 0.3 is 0 Å². The number of amides is 1. The lowest BCUT2D eigenvalue weighted by atomic mass is 9.90. The Morgan fingerprint density at radius 2 is 1.65 bits per heavy atom. The van der Waals surface area contributed by atoms with Crippen molar-refractivity contribution >= 4 is 5.91 Å². The molecule has 4 aliphatic rings. The number of likely N-dealkylation sites (tertiary alicyclic amines) is 1. The van der Waals surface area contributed by atoms with Crippen LogP contribution in [0.15, 0.2) is 0 Å². The molecule has 4 heterocycles. The number of morpholine rings is 1. The Labute approximate surface area is 138 Å². The maximum atomic E-state index is 12.6. The molecule has 0 N–H and O–H groups in total. The molecule has 0 saturated carbocycles. The van der Waals surface area contributed by atoms with Crippen LogP contribution in [-0.4, -0.2) is 86.6 Å². The zero-order valence-corrected chi connectivity index (χ0v) is 13.8. The van der Waals surface area contributed by atoms with Crippen LogP contribution in [0, 0.1) is 5.92 Å². The quantitative estimate of drug-likeness (QED) is 0.740. The van der Waals surface area contributed by atoms with Crippen molar-refractivity contribution in [3.8, 4) is 0 Å². The predicted molar refractivity (Wildman–Crippen MR) is 84.2 cm³/mol. The van der Waals surface area contributed by atoms with Gasteiger partial charge in [-0.15, -0.1) is 0 Å². The molecule has 0 unspecified atom stereocenters. The van der Waals surface area contributed by atoms with Crippen molar-refractivity contribution in [3.63, 3.8) is 0 Å². The molecule has 3 atom stereocenters. The van der Waals surface area contributed by atoms with E-state index in [1.807, 2.05) is 4.90 Å². The largest absolute Gasteiger partial charge is 0.381 e. The van der Waals surface area contributed by atoms with E-state index in [0.717, 1.165) is 52.0 Å². The monoisotopic (exact) mass is 324 g/mol. The number of hydrogen-bond acceptors (Lipinski definition) is 5. The molecule has 6 heteroatoms. The average Bonchev–Trinajstić information content (AvgIpc) is 3.06. The van der Waals surface area contributed by atoms with Crippen molar-refractivity contribution in [2.24, 2.45) is 5.92 Å². The van der Waals surface area contributed by atoms with E-state index in [1.54, 1.807) is 0 Å². The van der Waals surface area contributed by atoms with Crippen LogP contribution in [0.5, 0.6) is 0 Å². The SMILES string of the molecule is O=C([C@@H]1C[C@@H]2CCN(C3CCOCC3)C[C@@H]2O1)N1CCOCC1. The first kappa shape index (κ1) is 15.8. The fraction of sp³-hybridized carbons (Fsp3) is 0.941. The minimum atomic E-state index is -0.224. The Kier molecular flexibility index (Phi) is 4.85. The van der Waals surface area contributed by atoms with Gasteiger partial charge in [0.15, 0.2) is 0 Å². The van der Waals surface area contributed by atoms with Gasteiger partial charge < -0.3 is 19.1 Å². The first-order chi connectivity index (χ1) is 11.3. The lowest BCUT2D eigenvalue weighted by Gasteiger charge is -2.40. The van der Waals surface area contributed by atoms with Gasteiger partial charge in [-0.25, -0.2) is 0 Å². The van der Waals surface area contributed by atoms with Gasteiger partial charge in [0, 0.05) is 38.9 Å². The molecule has 0 aromatic rings. The molecule has 0 bridgehead atoms. The van der Waals surface area contributed by atoms with Gasteiger partial charge in [-0.3, -0.25) is 9.69 Å². The fourth-order valence-electron chi connectivity index (χ4n) is 4.48. The van der Waals surface area contributed by atoms with E-state index in [-0.39, 0.29) is 18.1 Å². The minimum Gasteiger partial charge on any atom is -0.381 e. The summed E-state index contributed by atoms with van der Waals surface area (Å²) in [5.41, 5.74) is 0. The Bertz CT molecular complexity index is 421. The first-order valence-corrected chi connectivity index (χ1v) is 9.15. The van der Waals surface area contributed by atoms with E-state index in [1.165, 1.54) is 0 Å². The molecule has 0 spiro atoms. The molecular weight excluding hydrogens is 296 g/mol. The van der Waals surface area contributed by atoms with Crippen molar-refractivity contribution in [2.45, 2.75) is 43.9 Å². The number of nitrogens with zero attached hydrogens (tertiary/aromatic N) is 2. The third kappa shape index (κ3) is 3.40. The highest BCUT2D eigenvalue weighted by Crippen LogP contribution is 2.35. The summed E-state index contributed by atoms with van der Waals surface area (Å²) in [6.45, 7) is 6.63. The number of rotatable bonds is 2. The van der Waals surface area contributed by atoms with E-state index in [9.17, 15) is 4.79 Å². The van der Waals surface area contributed by atoms with Gasteiger partial charge in [-0.2, -0.15) is 0 Å². The lowest BCUT2D eigenvalue weighted by molar-refractivity contribution is -0.148. The molecule has 1 amide bonds. The van der Waals surface area contributed by atoms with Crippen molar-refractivity contribution in [1.82, 2.24) is 9.80 Å². The third-order valence-electron chi connectivity index (χ3n) is 5.89. The second-order valence-corrected chi connectivity index (χ2v) is 7.22. The molecule has 23 heavy (non-hydrogen) atoms. The van der Waals surface area contributed by atoms with E-state index in [0.29, 0.717) is 38.3 Å². The average molecular weight is 324 g/mol. The second kappa shape index (κ2) is 7.05. The maximum Gasteiger partial charge on any atom is 0.251 e. The van der Waals surface area contributed by atoms with Gasteiger partial charge in [0.2, 0.25) is 0 Å². The highest BCUT2D eigenvalue weighted by atomic mass is 16.5. The van der Waals surface area contributed by atoms with Crippen LogP contribution in [0.25, 0.3) is 0 Å². The summed E-state index contributed by atoms with van der Waals surface area (Å²) in [6.07, 6.45) is 4.35. The Hall–Kier alpha value is -0.690. The fourth-order valence-corrected chi connectivity index (χ4v) is 4.48. The maximum absolute atomic E-state index is 12.6. The molecule has 0 radical (unpaired) electrons. The molecule has 0 aromatic carbocycles. The summed E-state index contributed by atoms with van der Waals surface area (Å²) < 4.78 is 17.0. The number of hydrogen-bond donors (Lipinski definition) is 0. The number of ether oxygens (including phenoxy) is 3. The summed E-state index contributed by atoms with van der Waals surface area (Å²) in [5.74, 6) is 0.737. The molecule has 6 nitrogen and oxygen atoms in total. The first-order valence-electron chi connectivity index (χ1n) is 9.15. The number of carbonyl (C=O) groups is 1. The topological polar surface area (TPSA) is 51.2 Å². The molecule has 4 rings (SSSR count). The summed E-state index contributed by atoms with van der Waals surface area (Å²) in [4.78, 5) is 17.1. The normalized spacial score (nSPS) is 36.9. The summed E-state index contributed by atoms with van der Waals surface area (Å²) in [6, 6.07) is 0.641. The minimum absolute atomic E-state index is 0.181. The molecule has 4 aliphatic heterocycles. The van der Waals surface area contributed by atoms with Crippen molar-refractivity contribution in [3.05, 3.63) is 0 Å². The molecule has 0 aliphatic carbocycles. The van der Waals surface area contributed by atoms with Crippen molar-refractivity contribution in [2.75, 3.05) is 52.6 Å². The van der Waals surface area contributed by atoms with Gasteiger partial charge in [-0.1, -0.05) is 0 Å². The van der Waals surface area contributed by atoms with E-state index >= 15 is 0 Å². The van der Waals surface area contributed by atoms with Crippen LogP contribution in [0.4, 0.5) is 0 Å². The van der Waals surface area contributed by atoms with E-state index in [4.69, 9.17) is 14.2 Å². The smallest absolute Gasteiger partial charge is 0.251 e. The predicted octanol–water partition coefficient (Wildman–Crippen LogP) is 0.504. The lowest BCUT2D eigenvalue weighted by Crippen LogP contribution is -2.49. The van der Waals surface area contributed by atoms with Gasteiger partial charge in [0.25, 0.3) is 5.91 Å². The zero-order chi connectivity index (χ0) is 15.6. The highest BCUT2D eigenvalue weighted by Gasteiger charge is 2.44. The Balaban J connectivity index is 1.33. The molecule has 4 saturated heterocycles. The molecule has 0 aromatic heterocycles. The van der Waals surface area contributed by atoms with Crippen LogP contribution < -0.4 is 0 Å². The van der Waals surface area contributed by atoms with Crippen LogP contribution >= 0.6 is 0 Å². The molecule has 4 fully saturated rings. The summed E-state index contributed by atoms with van der Waals surface area (Å²) in [7, 11) is 0. The van der Waals surface area contributed by atoms with Gasteiger partial charge in [-0.05, 0) is 38.1 Å². The second-order valence-electron chi connectivity index (χ2n) is 7.22. The van der Waals surface area contributed by atoms with Crippen LogP contribution in [-0.2, 0) is 19.0 Å². The number of piperidine rings is 1. The summed E-state index contributed by atoms with van der Waals surface area (Å²) >= 11 is 0. The van der Waals surface area contributed by atoms with Crippen molar-refractivity contribution in [1.29, 1.82) is 0 Å². The van der Waals surface area contributed by atoms with Crippen LogP contribution in [0.1, 0.15) is 25.7 Å². The van der Waals surface area contributed by atoms with Crippen LogP contribution in [0.2, 0.25) is 0 Å². The van der Waals surface area contributed by atoms with Gasteiger partial charge in [0.1, 0.15) is 6.10 Å². The standard InChI is InChI=1S/C17H28N2O4/c20-17(18-5-9-22-10-6-18)15-11-13-1-4-19(12-16(13)23-15)14-2-7-21-8-3-14/h13-16H,1-12H2/t13-,15-,16-/m0/s1. The highest BCUT2D eigenvalue weighted by molar-refractivity contribution is 5.81. The molecule has 130 valence electrons. The number of carbonyl (C=O) groups excluding carboxylic acids is 1. The zero-order valence-electron chi connectivity index (χ0n) is 13.8. The molecular formula is C17H28N2O4. The Morgan fingerprint density at radius 3 is 2.43 bits per heavy atom. The van der Waals surface area contributed by atoms with Crippen molar-refractivity contribution < 1.29 is 19.0 Å². The Morgan fingerprint density at radius 1 is 0.913 bits per heavy atom. The van der Waals surface area contributed by atoms with E-state index in [2.05, 4.69) is 4.90 Å².